The predicted molar refractivity (Wildman–Crippen MR) is 81.1 cm³/mol. The molecule has 0 aromatic heterocycles. The molecule has 3 nitrogen and oxygen atoms in total. The van der Waals surface area contributed by atoms with Crippen molar-refractivity contribution in [2.75, 3.05) is 0 Å². The van der Waals surface area contributed by atoms with Crippen molar-refractivity contribution in [3.63, 3.8) is 0 Å². The van der Waals surface area contributed by atoms with Gasteiger partial charge in [-0.3, -0.25) is 4.79 Å². The predicted octanol–water partition coefficient (Wildman–Crippen LogP) is 2.43. The molecular weight excluding hydrogens is 248 g/mol. The van der Waals surface area contributed by atoms with E-state index in [1.807, 2.05) is 55.5 Å². The lowest BCUT2D eigenvalue weighted by Gasteiger charge is -2.18. The number of nitrogens with two attached hydrogens (primary N) is 1. The number of amides is 1. The van der Waals surface area contributed by atoms with Crippen LogP contribution in [-0.2, 0) is 11.2 Å². The summed E-state index contributed by atoms with van der Waals surface area (Å²) in [5, 5.41) is 2.96. The second-order valence-corrected chi connectivity index (χ2v) is 4.99. The van der Waals surface area contributed by atoms with Gasteiger partial charge in [0.2, 0.25) is 5.91 Å². The summed E-state index contributed by atoms with van der Waals surface area (Å²) in [5.41, 5.74) is 8.00. The van der Waals surface area contributed by atoms with Crippen LogP contribution in [0, 0.1) is 0 Å². The van der Waals surface area contributed by atoms with E-state index < -0.39 is 6.04 Å². The molecule has 1 amide bonds. The van der Waals surface area contributed by atoms with E-state index >= 15 is 0 Å². The van der Waals surface area contributed by atoms with Crippen molar-refractivity contribution in [2.24, 2.45) is 5.73 Å². The van der Waals surface area contributed by atoms with E-state index in [1.165, 1.54) is 5.56 Å². The van der Waals surface area contributed by atoms with E-state index in [2.05, 4.69) is 17.4 Å². The zero-order valence-electron chi connectivity index (χ0n) is 11.6. The average molecular weight is 268 g/mol. The van der Waals surface area contributed by atoms with Gasteiger partial charge in [-0.1, -0.05) is 60.7 Å². The van der Waals surface area contributed by atoms with Crippen LogP contribution >= 0.6 is 0 Å². The Kier molecular flexibility index (Phi) is 4.91. The Hall–Kier alpha value is -2.13. The van der Waals surface area contributed by atoms with Crippen LogP contribution in [0.15, 0.2) is 60.7 Å². The molecule has 3 N–H and O–H groups in total. The normalized spacial score (nSPS) is 13.5. The zero-order valence-corrected chi connectivity index (χ0v) is 11.6. The van der Waals surface area contributed by atoms with Crippen LogP contribution in [0.3, 0.4) is 0 Å². The second kappa shape index (κ2) is 6.87. The summed E-state index contributed by atoms with van der Waals surface area (Å²) < 4.78 is 0. The molecule has 2 aromatic rings. The van der Waals surface area contributed by atoms with Crippen LogP contribution in [0.4, 0.5) is 0 Å². The van der Waals surface area contributed by atoms with Crippen molar-refractivity contribution >= 4 is 5.91 Å². The number of nitrogens with one attached hydrogen (secondary N) is 1. The number of benzene rings is 2. The van der Waals surface area contributed by atoms with Crippen molar-refractivity contribution in [1.29, 1.82) is 0 Å². The smallest absolute Gasteiger partial charge is 0.241 e. The molecule has 0 spiro atoms. The Balaban J connectivity index is 1.91. The molecule has 0 saturated carbocycles. The molecule has 0 saturated heterocycles. The van der Waals surface area contributed by atoms with Gasteiger partial charge in [-0.2, -0.15) is 0 Å². The van der Waals surface area contributed by atoms with E-state index in [-0.39, 0.29) is 11.9 Å². The molecule has 1 unspecified atom stereocenters. The Bertz CT molecular complexity index is 539. The maximum absolute atomic E-state index is 12.1. The molecule has 0 heterocycles. The van der Waals surface area contributed by atoms with Gasteiger partial charge < -0.3 is 11.1 Å². The van der Waals surface area contributed by atoms with E-state index in [4.69, 9.17) is 5.73 Å². The van der Waals surface area contributed by atoms with Gasteiger partial charge in [0.1, 0.15) is 6.04 Å². The molecule has 2 aromatic carbocycles. The minimum absolute atomic E-state index is 0.0552. The third-order valence-corrected chi connectivity index (χ3v) is 3.21. The van der Waals surface area contributed by atoms with Crippen molar-refractivity contribution in [3.8, 4) is 0 Å². The molecule has 0 aliphatic rings. The lowest BCUT2D eigenvalue weighted by Crippen LogP contribution is -2.40. The molecule has 104 valence electrons. The second-order valence-electron chi connectivity index (χ2n) is 4.99. The molecule has 2 atom stereocenters. The monoisotopic (exact) mass is 268 g/mol. The molecule has 0 aliphatic carbocycles. The summed E-state index contributed by atoms with van der Waals surface area (Å²) in [6.07, 6.45) is 0.800. The van der Waals surface area contributed by atoms with Crippen LogP contribution in [0.2, 0.25) is 0 Å². The van der Waals surface area contributed by atoms with Gasteiger partial charge >= 0.3 is 0 Å². The first-order valence-corrected chi connectivity index (χ1v) is 6.81. The molecule has 3 heteroatoms. The first kappa shape index (κ1) is 14.3. The summed E-state index contributed by atoms with van der Waals surface area (Å²) >= 11 is 0. The maximum atomic E-state index is 12.1. The van der Waals surface area contributed by atoms with Gasteiger partial charge in [0.25, 0.3) is 0 Å². The van der Waals surface area contributed by atoms with E-state index in [9.17, 15) is 4.79 Å². The highest BCUT2D eigenvalue weighted by molar-refractivity contribution is 5.83. The molecule has 0 bridgehead atoms. The fourth-order valence-electron chi connectivity index (χ4n) is 2.16. The number of carbonyl (C=O) groups is 1. The van der Waals surface area contributed by atoms with Crippen molar-refractivity contribution < 1.29 is 4.79 Å². The SMILES string of the molecule is CC(Cc1ccccc1)NC(=O)[C@H](N)c1ccccc1. The molecule has 0 radical (unpaired) electrons. The summed E-state index contributed by atoms with van der Waals surface area (Å²) in [4.78, 5) is 12.1. The third kappa shape index (κ3) is 3.93. The summed E-state index contributed by atoms with van der Waals surface area (Å²) in [6, 6.07) is 18.9. The average Bonchev–Trinajstić information content (AvgIpc) is 2.48. The summed E-state index contributed by atoms with van der Waals surface area (Å²) in [5.74, 6) is -0.139. The van der Waals surface area contributed by atoms with Crippen LogP contribution in [0.25, 0.3) is 0 Å². The molecule has 0 aliphatic heterocycles. The Labute approximate surface area is 119 Å². The summed E-state index contributed by atoms with van der Waals surface area (Å²) in [6.45, 7) is 1.99. The molecule has 2 rings (SSSR count). The molecule has 0 fully saturated rings. The fourth-order valence-corrected chi connectivity index (χ4v) is 2.16. The van der Waals surface area contributed by atoms with Gasteiger partial charge in [0.15, 0.2) is 0 Å². The highest BCUT2D eigenvalue weighted by Gasteiger charge is 2.17. The molecule has 20 heavy (non-hydrogen) atoms. The van der Waals surface area contributed by atoms with Gasteiger partial charge in [-0.25, -0.2) is 0 Å². The van der Waals surface area contributed by atoms with E-state index in [1.54, 1.807) is 0 Å². The van der Waals surface area contributed by atoms with Gasteiger partial charge in [0, 0.05) is 6.04 Å². The number of hydrogen-bond acceptors (Lipinski definition) is 2. The number of hydrogen-bond donors (Lipinski definition) is 2. The van der Waals surface area contributed by atoms with E-state index in [0.29, 0.717) is 0 Å². The van der Waals surface area contributed by atoms with Crippen LogP contribution < -0.4 is 11.1 Å². The topological polar surface area (TPSA) is 55.1 Å². The Morgan fingerprint density at radius 2 is 1.60 bits per heavy atom. The minimum atomic E-state index is -0.616. The first-order chi connectivity index (χ1) is 9.66. The standard InChI is InChI=1S/C17H20N2O/c1-13(12-14-8-4-2-5-9-14)19-17(20)16(18)15-10-6-3-7-11-15/h2-11,13,16H,12,18H2,1H3,(H,19,20)/t13?,16-/m1/s1. The lowest BCUT2D eigenvalue weighted by atomic mass is 10.0. The Morgan fingerprint density at radius 3 is 2.20 bits per heavy atom. The zero-order chi connectivity index (χ0) is 14.4. The van der Waals surface area contributed by atoms with E-state index in [0.717, 1.165) is 12.0 Å². The largest absolute Gasteiger partial charge is 0.352 e. The van der Waals surface area contributed by atoms with Crippen LogP contribution in [-0.4, -0.2) is 11.9 Å². The fraction of sp³-hybridized carbons (Fsp3) is 0.235. The van der Waals surface area contributed by atoms with Crippen molar-refractivity contribution in [2.45, 2.75) is 25.4 Å². The van der Waals surface area contributed by atoms with Crippen LogP contribution in [0.1, 0.15) is 24.1 Å². The highest BCUT2D eigenvalue weighted by Crippen LogP contribution is 2.10. The Morgan fingerprint density at radius 1 is 1.05 bits per heavy atom. The first-order valence-electron chi connectivity index (χ1n) is 6.81. The minimum Gasteiger partial charge on any atom is -0.352 e. The van der Waals surface area contributed by atoms with Gasteiger partial charge in [-0.05, 0) is 24.5 Å². The quantitative estimate of drug-likeness (QED) is 0.875. The van der Waals surface area contributed by atoms with Gasteiger partial charge in [-0.15, -0.1) is 0 Å². The summed E-state index contributed by atoms with van der Waals surface area (Å²) in [7, 11) is 0. The highest BCUT2D eigenvalue weighted by atomic mass is 16.2. The van der Waals surface area contributed by atoms with Crippen molar-refractivity contribution in [3.05, 3.63) is 71.8 Å². The molecular formula is C17H20N2O. The lowest BCUT2D eigenvalue weighted by molar-refractivity contribution is -0.123. The van der Waals surface area contributed by atoms with Gasteiger partial charge in [0.05, 0.1) is 0 Å². The van der Waals surface area contributed by atoms with Crippen molar-refractivity contribution in [1.82, 2.24) is 5.32 Å². The third-order valence-electron chi connectivity index (χ3n) is 3.21. The van der Waals surface area contributed by atoms with Crippen LogP contribution in [0.5, 0.6) is 0 Å². The number of carbonyl (C=O) groups excluding carboxylic acids is 1. The number of rotatable bonds is 5. The maximum Gasteiger partial charge on any atom is 0.241 e.